The van der Waals surface area contributed by atoms with Crippen LogP contribution >= 0.6 is 0 Å². The number of nitrogens with zero attached hydrogens (tertiary/aromatic N) is 1. The molecule has 2 aromatic rings. The van der Waals surface area contributed by atoms with Crippen molar-refractivity contribution in [2.24, 2.45) is 16.7 Å². The Bertz CT molecular complexity index is 2380. The molecule has 11 atom stereocenters. The lowest BCUT2D eigenvalue weighted by Gasteiger charge is -2.67. The van der Waals surface area contributed by atoms with Gasteiger partial charge in [0.25, 0.3) is 0 Å². The summed E-state index contributed by atoms with van der Waals surface area (Å²) >= 11 is 0. The maximum absolute atomic E-state index is 16.0. The van der Waals surface area contributed by atoms with Crippen molar-refractivity contribution in [1.29, 1.82) is 0 Å². The summed E-state index contributed by atoms with van der Waals surface area (Å²) in [6.45, 7) is 14.6. The van der Waals surface area contributed by atoms with E-state index in [0.717, 1.165) is 6.92 Å². The normalized spacial score (nSPS) is 37.3. The second kappa shape index (κ2) is 16.1. The Morgan fingerprint density at radius 3 is 2.13 bits per heavy atom. The van der Waals surface area contributed by atoms with Gasteiger partial charge in [0, 0.05) is 39.3 Å². The van der Waals surface area contributed by atoms with Crippen molar-refractivity contribution in [2.75, 3.05) is 20.7 Å². The van der Waals surface area contributed by atoms with Crippen molar-refractivity contribution >= 4 is 29.8 Å². The molecule has 5 aliphatic rings. The number of Topliss-reactive ketones (excluding diaryl/α,β-unsaturated/α-hetero) is 1. The highest BCUT2D eigenvalue weighted by atomic mass is 16.6. The minimum absolute atomic E-state index is 0.000112. The van der Waals surface area contributed by atoms with Crippen molar-refractivity contribution in [3.05, 3.63) is 82.9 Å². The molecule has 2 saturated carbocycles. The first-order chi connectivity index (χ1) is 31.7. The summed E-state index contributed by atoms with van der Waals surface area (Å²) in [6, 6.07) is 15.1. The summed E-state index contributed by atoms with van der Waals surface area (Å²) < 4.78 is 98.3. The summed E-state index contributed by atoms with van der Waals surface area (Å²) in [7, 11) is -6.52. The van der Waals surface area contributed by atoms with E-state index in [1.807, 2.05) is 0 Å². The third kappa shape index (κ3) is 7.37. The van der Waals surface area contributed by atoms with Gasteiger partial charge in [0.2, 0.25) is 0 Å². The lowest BCUT2D eigenvalue weighted by atomic mass is 9.44. The fourth-order valence-electron chi connectivity index (χ4n) is 10.9. The summed E-state index contributed by atoms with van der Waals surface area (Å²) in [5, 5.41) is 14.0. The molecular formula is C48H61NO14. The van der Waals surface area contributed by atoms with Crippen LogP contribution in [0.4, 0.5) is 4.79 Å². The topological polar surface area (TPSA) is 183 Å². The van der Waals surface area contributed by atoms with Gasteiger partial charge in [-0.2, -0.15) is 0 Å². The van der Waals surface area contributed by atoms with E-state index in [4.69, 9.17) is 46.1 Å². The Kier molecular flexibility index (Phi) is 9.90. The van der Waals surface area contributed by atoms with Gasteiger partial charge in [-0.1, -0.05) is 62.4 Å². The number of amides is 1. The first kappa shape index (κ1) is 38.8. The van der Waals surface area contributed by atoms with Crippen LogP contribution in [0.25, 0.3) is 0 Å². The van der Waals surface area contributed by atoms with E-state index < -0.39 is 139 Å². The van der Waals surface area contributed by atoms with Crippen molar-refractivity contribution in [1.82, 2.24) is 4.90 Å². The van der Waals surface area contributed by atoms with Crippen LogP contribution in [-0.2, 0) is 52.3 Å². The molecule has 2 bridgehead atoms. The van der Waals surface area contributed by atoms with Crippen LogP contribution in [0.1, 0.15) is 112 Å². The second-order valence-corrected chi connectivity index (χ2v) is 19.5. The summed E-state index contributed by atoms with van der Waals surface area (Å²) in [5.41, 5.74) is -10.7. The number of benzene rings is 2. The zero-order valence-corrected chi connectivity index (χ0v) is 37.2. The largest absolute Gasteiger partial charge is 0.456 e. The molecular weight excluding hydrogens is 815 g/mol. The third-order valence-corrected chi connectivity index (χ3v) is 13.9. The van der Waals surface area contributed by atoms with Gasteiger partial charge in [-0.25, -0.2) is 14.4 Å². The van der Waals surface area contributed by atoms with Crippen LogP contribution in [-0.4, -0.2) is 120 Å². The third-order valence-electron chi connectivity index (χ3n) is 13.9. The fraction of sp³-hybridized carbons (Fsp3) is 0.604. The Morgan fingerprint density at radius 2 is 1.56 bits per heavy atom. The van der Waals surface area contributed by atoms with Crippen LogP contribution in [0.2, 0.25) is 0 Å². The first-order valence-corrected chi connectivity index (χ1v) is 21.0. The van der Waals surface area contributed by atoms with Crippen molar-refractivity contribution in [3.8, 4) is 0 Å². The molecule has 63 heavy (non-hydrogen) atoms. The molecule has 0 aromatic heterocycles. The molecule has 0 radical (unpaired) electrons. The van der Waals surface area contributed by atoms with E-state index in [0.29, 0.717) is 5.56 Å². The average Bonchev–Trinajstić information content (AvgIpc) is 3.51. The van der Waals surface area contributed by atoms with Gasteiger partial charge in [-0.15, -0.1) is 0 Å². The molecule has 2 aromatic carbocycles. The van der Waals surface area contributed by atoms with Gasteiger partial charge in [0.1, 0.15) is 47.4 Å². The monoisotopic (exact) mass is 881 g/mol. The van der Waals surface area contributed by atoms with Gasteiger partial charge in [0.05, 0.1) is 37.8 Å². The lowest BCUT2D eigenvalue weighted by Crippen LogP contribution is -2.82. The van der Waals surface area contributed by atoms with E-state index in [1.54, 1.807) is 83.1 Å². The van der Waals surface area contributed by atoms with E-state index >= 15 is 9.59 Å². The van der Waals surface area contributed by atoms with Crippen LogP contribution in [0, 0.1) is 16.7 Å². The standard InChI is InChI=1S/C48H61NO14/c1-26-30(59-41(53)36-34(28-19-15-13-16-20-28)49(45(8,9)62-36)42(54)63-43(3,4)5)24-48(55)39(60-40(52)29-21-17-14-18-22-29)37-46(10,38(51)35(57-12)33(26)44(48,6)7)31(56-11)23-32-47(37,25-58-32)61-27(2)50/h13-22,30-32,34-37,39,55H,23-25H2,1-12H3/t30-,31-,32+,34-,35+,36+,37-,39-,46+,47-,48+/m0/s1/i11D3,12D3. The molecule has 3 aliphatic carbocycles. The molecule has 15 nitrogen and oxygen atoms in total. The number of fused-ring (bicyclic) bond motifs is 5. The number of rotatable bonds is 8. The Morgan fingerprint density at radius 1 is 0.921 bits per heavy atom. The number of ether oxygens (including phenoxy) is 8. The Hall–Kier alpha value is -4.67. The number of hydrogen-bond acceptors (Lipinski definition) is 14. The number of aliphatic hydroxyl groups is 1. The highest BCUT2D eigenvalue weighted by molar-refractivity contribution is 5.94. The minimum atomic E-state index is -3.34. The number of ketones is 1. The summed E-state index contributed by atoms with van der Waals surface area (Å²) in [6.07, 6.45) is -12.0. The highest BCUT2D eigenvalue weighted by Crippen LogP contribution is 2.65. The number of hydrogen-bond donors (Lipinski definition) is 1. The smallest absolute Gasteiger partial charge is 0.413 e. The van der Waals surface area contributed by atoms with Crippen molar-refractivity contribution in [2.45, 2.75) is 147 Å². The number of carbonyl (C=O) groups is 5. The molecule has 0 unspecified atom stereocenters. The van der Waals surface area contributed by atoms with Crippen LogP contribution < -0.4 is 0 Å². The van der Waals surface area contributed by atoms with Crippen molar-refractivity contribution < 1.29 is 75.2 Å². The van der Waals surface area contributed by atoms with Gasteiger partial charge >= 0.3 is 24.0 Å². The van der Waals surface area contributed by atoms with Crippen LogP contribution in [0.5, 0.6) is 0 Å². The maximum atomic E-state index is 16.0. The molecule has 2 saturated heterocycles. The minimum Gasteiger partial charge on any atom is -0.456 e. The average molecular weight is 882 g/mol. The predicted octanol–water partition coefficient (Wildman–Crippen LogP) is 6.05. The van der Waals surface area contributed by atoms with Crippen LogP contribution in [0.3, 0.4) is 0 Å². The molecule has 7 rings (SSSR count). The summed E-state index contributed by atoms with van der Waals surface area (Å²) in [5.74, 6) is -5.77. The summed E-state index contributed by atoms with van der Waals surface area (Å²) in [4.78, 5) is 74.1. The zero-order valence-electron chi connectivity index (χ0n) is 43.2. The number of carbonyl (C=O) groups excluding carboxylic acids is 5. The van der Waals surface area contributed by atoms with E-state index in [-0.39, 0.29) is 23.1 Å². The van der Waals surface area contributed by atoms with E-state index in [9.17, 15) is 19.5 Å². The maximum Gasteiger partial charge on any atom is 0.413 e. The van der Waals surface area contributed by atoms with E-state index in [2.05, 4.69) is 0 Å². The molecule has 1 amide bonds. The van der Waals surface area contributed by atoms with Gasteiger partial charge in [0.15, 0.2) is 17.5 Å². The van der Waals surface area contributed by atoms with E-state index in [1.165, 1.54) is 44.7 Å². The van der Waals surface area contributed by atoms with Crippen molar-refractivity contribution in [3.63, 3.8) is 0 Å². The van der Waals surface area contributed by atoms with Gasteiger partial charge < -0.3 is 43.0 Å². The quantitative estimate of drug-likeness (QED) is 0.184. The predicted molar refractivity (Wildman–Crippen MR) is 225 cm³/mol. The zero-order chi connectivity index (χ0) is 51.2. The molecule has 2 heterocycles. The Balaban J connectivity index is 1.46. The number of methoxy groups -OCH3 is 2. The van der Waals surface area contributed by atoms with Crippen LogP contribution in [0.15, 0.2) is 71.8 Å². The van der Waals surface area contributed by atoms with Gasteiger partial charge in [-0.3, -0.25) is 14.5 Å². The Labute approximate surface area is 377 Å². The molecule has 15 heteroatoms. The van der Waals surface area contributed by atoms with Gasteiger partial charge in [-0.05, 0) is 77.3 Å². The molecule has 342 valence electrons. The molecule has 4 fully saturated rings. The molecule has 2 aliphatic heterocycles. The second-order valence-electron chi connectivity index (χ2n) is 19.5. The molecule has 1 N–H and O–H groups in total. The lowest BCUT2D eigenvalue weighted by molar-refractivity contribution is -0.347. The SMILES string of the molecule is [2H]C([2H])([2H])O[C@H]1C(=O)[C@]2(C)[C@@H](OC([2H])([2H])[2H])C[C@H]3OC[C@@]3(OC(C)=O)[C@H]2[C@H](OC(=O)c2ccccc2)[C@]2(O)C[C@H](OC(=O)[C@@H]3OC(C)(C)N(C(=O)OC(C)(C)C)[C@H]3c3ccccc3)C(C)=C1C2(C)C. The first-order valence-electron chi connectivity index (χ1n) is 24.0. The highest BCUT2D eigenvalue weighted by Gasteiger charge is 2.78. The molecule has 0 spiro atoms. The fourth-order valence-corrected chi connectivity index (χ4v) is 10.9. The number of esters is 3.